The van der Waals surface area contributed by atoms with Crippen molar-refractivity contribution < 1.29 is 31.5 Å². The monoisotopic (exact) mass is 352 g/mol. The average molecular weight is 352 g/mol. The van der Waals surface area contributed by atoms with Gasteiger partial charge in [-0.05, 0) is 33.3 Å². The number of esters is 1. The first kappa shape index (κ1) is 19.6. The molecule has 0 radical (unpaired) electrons. The number of hydrogen-bond donors (Lipinski definition) is 1. The smallest absolute Gasteiger partial charge is 0.306 e. The molecule has 1 aromatic carbocycles. The first-order valence-electron chi connectivity index (χ1n) is 6.71. The van der Waals surface area contributed by atoms with Gasteiger partial charge in [-0.3, -0.25) is 9.00 Å². The van der Waals surface area contributed by atoms with Crippen LogP contribution in [0.3, 0.4) is 0 Å². The number of ether oxygens (including phenoxy) is 1. The molecule has 0 aromatic heterocycles. The van der Waals surface area contributed by atoms with Gasteiger partial charge in [-0.15, -0.1) is 0 Å². The van der Waals surface area contributed by atoms with Crippen molar-refractivity contribution in [1.82, 2.24) is 4.72 Å². The minimum atomic E-state index is -2.79. The van der Waals surface area contributed by atoms with Crippen molar-refractivity contribution in [2.24, 2.45) is 0 Å². The van der Waals surface area contributed by atoms with Crippen molar-refractivity contribution in [3.63, 3.8) is 0 Å². The molecule has 0 fully saturated rings. The molecule has 2 unspecified atom stereocenters. The van der Waals surface area contributed by atoms with Gasteiger partial charge >= 0.3 is 5.97 Å². The molecule has 0 aliphatic heterocycles. The summed E-state index contributed by atoms with van der Waals surface area (Å²) in [5, 5.41) is 0. The molecule has 23 heavy (non-hydrogen) atoms. The maximum atomic E-state index is 13.8. The lowest BCUT2D eigenvalue weighted by atomic mass is 10.0. The summed E-state index contributed by atoms with van der Waals surface area (Å²) >= 11 is -2.79. The predicted molar refractivity (Wildman–Crippen MR) is 76.2 cm³/mol. The number of nitrogens with one attached hydrogen (secondary N) is 1. The van der Waals surface area contributed by atoms with Gasteiger partial charge in [0.15, 0.2) is 11.6 Å². The lowest BCUT2D eigenvalue weighted by Crippen LogP contribution is -2.27. The van der Waals surface area contributed by atoms with Crippen molar-refractivity contribution in [1.29, 1.82) is 0 Å². The third-order valence-corrected chi connectivity index (χ3v) is 3.19. The summed E-state index contributed by atoms with van der Waals surface area (Å²) < 4.78 is 68.6. The molecular formula is C14H17F3NO4S-. The zero-order valence-corrected chi connectivity index (χ0v) is 13.6. The van der Waals surface area contributed by atoms with Gasteiger partial charge in [-0.2, -0.15) is 0 Å². The highest BCUT2D eigenvalue weighted by Gasteiger charge is 2.22. The second-order valence-electron chi connectivity index (χ2n) is 5.82. The van der Waals surface area contributed by atoms with Crippen LogP contribution in [0.2, 0.25) is 0 Å². The Labute approximate surface area is 134 Å². The summed E-state index contributed by atoms with van der Waals surface area (Å²) in [6, 6.07) is -0.346. The van der Waals surface area contributed by atoms with Gasteiger partial charge in [0, 0.05) is 35.4 Å². The van der Waals surface area contributed by atoms with Gasteiger partial charge in [0.05, 0.1) is 0 Å². The van der Waals surface area contributed by atoms with E-state index in [1.54, 1.807) is 20.8 Å². The fraction of sp³-hybridized carbons (Fsp3) is 0.500. The third kappa shape index (κ3) is 6.67. The van der Waals surface area contributed by atoms with Crippen molar-refractivity contribution in [2.75, 3.05) is 0 Å². The van der Waals surface area contributed by atoms with Crippen molar-refractivity contribution in [3.05, 3.63) is 35.1 Å². The van der Waals surface area contributed by atoms with Gasteiger partial charge in [0.2, 0.25) is 0 Å². The number of rotatable bonds is 6. The Morgan fingerprint density at radius 3 is 2.35 bits per heavy atom. The van der Waals surface area contributed by atoms with Gasteiger partial charge in [0.1, 0.15) is 11.4 Å². The number of carbonyl (C=O) groups is 1. The van der Waals surface area contributed by atoms with Crippen LogP contribution in [0.1, 0.15) is 45.2 Å². The average Bonchev–Trinajstić information content (AvgIpc) is 2.36. The van der Waals surface area contributed by atoms with Gasteiger partial charge in [0.25, 0.3) is 0 Å². The summed E-state index contributed by atoms with van der Waals surface area (Å²) in [6.45, 7) is 4.97. The Kier molecular flexibility index (Phi) is 6.72. The van der Waals surface area contributed by atoms with E-state index < -0.39 is 51.9 Å². The minimum absolute atomic E-state index is 0.176. The normalized spacial score (nSPS) is 14.4. The molecule has 130 valence electrons. The third-order valence-electron chi connectivity index (χ3n) is 2.71. The molecule has 1 N–H and O–H groups in total. The van der Waals surface area contributed by atoms with Crippen LogP contribution in [0.4, 0.5) is 13.2 Å². The van der Waals surface area contributed by atoms with Crippen LogP contribution < -0.4 is 4.72 Å². The second-order valence-corrected chi connectivity index (χ2v) is 6.52. The van der Waals surface area contributed by atoms with E-state index >= 15 is 0 Å². The molecule has 0 heterocycles. The predicted octanol–water partition coefficient (Wildman–Crippen LogP) is 2.65. The molecule has 0 bridgehead atoms. The van der Waals surface area contributed by atoms with Crippen LogP contribution in [0.25, 0.3) is 0 Å². The van der Waals surface area contributed by atoms with Crippen LogP contribution in [-0.4, -0.2) is 20.3 Å². The number of carbonyl (C=O) groups excluding carboxylic acids is 1. The molecule has 0 spiro atoms. The van der Waals surface area contributed by atoms with Crippen molar-refractivity contribution in [3.8, 4) is 0 Å². The summed E-state index contributed by atoms with van der Waals surface area (Å²) in [6.07, 6.45) is -0.407. The van der Waals surface area contributed by atoms with E-state index in [9.17, 15) is 26.7 Å². The van der Waals surface area contributed by atoms with Gasteiger partial charge < -0.3 is 9.29 Å². The number of halogens is 3. The first-order valence-corrected chi connectivity index (χ1v) is 7.79. The Morgan fingerprint density at radius 2 is 1.83 bits per heavy atom. The fourth-order valence-corrected chi connectivity index (χ4v) is 2.33. The van der Waals surface area contributed by atoms with E-state index in [2.05, 4.69) is 0 Å². The fourth-order valence-electron chi connectivity index (χ4n) is 1.85. The molecule has 0 amide bonds. The van der Waals surface area contributed by atoms with Crippen molar-refractivity contribution in [2.45, 2.75) is 45.3 Å². The van der Waals surface area contributed by atoms with Crippen LogP contribution in [0.5, 0.6) is 0 Å². The number of hydrogen-bond acceptors (Lipinski definition) is 4. The van der Waals surface area contributed by atoms with Crippen LogP contribution in [0.15, 0.2) is 12.1 Å². The highest BCUT2D eigenvalue weighted by Crippen LogP contribution is 2.25. The Morgan fingerprint density at radius 1 is 1.26 bits per heavy atom. The maximum absolute atomic E-state index is 13.8. The minimum Gasteiger partial charge on any atom is -0.760 e. The second kappa shape index (κ2) is 7.89. The van der Waals surface area contributed by atoms with Gasteiger partial charge in [-0.1, -0.05) is 0 Å². The Hall–Kier alpha value is -1.45. The summed E-state index contributed by atoms with van der Waals surface area (Å²) in [5.41, 5.74) is -1.12. The molecule has 0 aliphatic carbocycles. The highest BCUT2D eigenvalue weighted by molar-refractivity contribution is 7.77. The topological polar surface area (TPSA) is 78.5 Å². The van der Waals surface area contributed by atoms with E-state index in [1.165, 1.54) is 0 Å². The summed E-state index contributed by atoms with van der Waals surface area (Å²) in [5.74, 6) is -4.44. The standard InChI is InChI=1S/C14H18F3NO4S/c1-14(2,3)22-13(19)5-4-12(18-23(20)21)8-6-10(16)11(17)7-9(8)15/h6-7,12,18H,4-5H2,1-3H3,(H,20,21)/p-1. The van der Waals surface area contributed by atoms with E-state index in [0.717, 1.165) is 0 Å². The molecule has 9 heteroatoms. The molecule has 0 aliphatic rings. The molecule has 1 aromatic rings. The van der Waals surface area contributed by atoms with Crippen molar-refractivity contribution >= 4 is 17.2 Å². The summed E-state index contributed by atoms with van der Waals surface area (Å²) in [4.78, 5) is 11.7. The summed E-state index contributed by atoms with van der Waals surface area (Å²) in [7, 11) is 0. The first-order chi connectivity index (χ1) is 10.5. The largest absolute Gasteiger partial charge is 0.760 e. The van der Waals surface area contributed by atoms with Crippen LogP contribution in [0, 0.1) is 17.5 Å². The van der Waals surface area contributed by atoms with Crippen LogP contribution >= 0.6 is 0 Å². The molecule has 0 saturated carbocycles. The lowest BCUT2D eigenvalue weighted by molar-refractivity contribution is -0.155. The molecule has 2 atom stereocenters. The Bertz CT molecular complexity index is 604. The molecule has 5 nitrogen and oxygen atoms in total. The van der Waals surface area contributed by atoms with E-state index in [0.29, 0.717) is 12.1 Å². The number of benzene rings is 1. The lowest BCUT2D eigenvalue weighted by Gasteiger charge is -2.23. The highest BCUT2D eigenvalue weighted by atomic mass is 32.2. The van der Waals surface area contributed by atoms with Gasteiger partial charge in [-0.25, -0.2) is 17.9 Å². The molecule has 0 saturated heterocycles. The molecular weight excluding hydrogens is 335 g/mol. The quantitative estimate of drug-likeness (QED) is 0.485. The maximum Gasteiger partial charge on any atom is 0.306 e. The van der Waals surface area contributed by atoms with Crippen LogP contribution in [-0.2, 0) is 20.8 Å². The van der Waals surface area contributed by atoms with E-state index in [-0.39, 0.29) is 12.8 Å². The molecule has 1 rings (SSSR count). The SMILES string of the molecule is CC(C)(C)OC(=O)CCC(NS(=O)[O-])c1cc(F)c(F)cc1F. The zero-order valence-electron chi connectivity index (χ0n) is 12.8. The Balaban J connectivity index is 2.91. The zero-order chi connectivity index (χ0) is 17.8. The van der Waals surface area contributed by atoms with E-state index in [4.69, 9.17) is 4.74 Å². The van der Waals surface area contributed by atoms with E-state index in [1.807, 2.05) is 4.72 Å².